The van der Waals surface area contributed by atoms with Gasteiger partial charge in [-0.3, -0.25) is 9.59 Å². The number of aliphatic hydroxyl groups is 3. The number of halogens is 1. The third kappa shape index (κ3) is 6.78. The SMILES string of the molecule is C[C@@H]1C[C@H]2[C@@H]3CCC4=CC(=O)C=C[C@]4(C)[C@@]3(F)[C@@H](O)C[C@]2(C)[C@@]1(O)C(=O)CO.Oc1ccc(/C=C/c2cc(O)cc(O)c2)cc1.Oc1ccccc1. The van der Waals surface area contributed by atoms with Gasteiger partial charge in [0.05, 0.1) is 6.10 Å². The van der Waals surface area contributed by atoms with Crippen LogP contribution in [0.25, 0.3) is 12.2 Å². The van der Waals surface area contributed by atoms with Crippen molar-refractivity contribution >= 4 is 23.7 Å². The molecule has 0 heterocycles. The molecule has 3 fully saturated rings. The Bertz CT molecular complexity index is 1850. The number of phenolic OH excluding ortho intramolecular Hbond substituents is 4. The standard InChI is InChI=1S/C22H29FO5.C14H12O3.C6H6O/c1-12-8-16-15-5-4-13-9-14(25)6-7-19(13,2)21(15,23)17(26)10-20(16,3)22(12,28)18(27)11-24;15-12-5-3-10(4-6-12)1-2-11-7-13(16)9-14(17)8-11;7-6-4-2-1-3-5-6/h6-7,9,12,15-17,24,26,28H,4-5,8,10-11H2,1-3H3;1-9,15-17H;1-5,7H/b;2-1+;/t12-,15+,16+,17+,19+,20+,21+,22+;;/m1../s1. The third-order valence-corrected chi connectivity index (χ3v) is 11.8. The molecule has 0 aliphatic heterocycles. The molecule has 4 aliphatic rings. The molecule has 7 N–H and O–H groups in total. The van der Waals surface area contributed by atoms with Gasteiger partial charge in [0.1, 0.15) is 35.2 Å². The summed E-state index contributed by atoms with van der Waals surface area (Å²) in [6, 6.07) is 19.8. The summed E-state index contributed by atoms with van der Waals surface area (Å²) in [4.78, 5) is 24.4. The maximum atomic E-state index is 16.9. The monoisotopic (exact) mass is 714 g/mol. The summed E-state index contributed by atoms with van der Waals surface area (Å²) in [6.07, 6.45) is 8.04. The molecular weight excluding hydrogens is 667 g/mol. The molecule has 3 saturated carbocycles. The van der Waals surface area contributed by atoms with Gasteiger partial charge in [-0.2, -0.15) is 0 Å². The first-order chi connectivity index (χ1) is 24.5. The number of carbonyl (C=O) groups is 2. The molecule has 0 amide bonds. The summed E-state index contributed by atoms with van der Waals surface area (Å²) in [5.41, 5.74) is -3.54. The second-order valence-corrected chi connectivity index (χ2v) is 14.8. The van der Waals surface area contributed by atoms with Crippen LogP contribution in [0.15, 0.2) is 96.6 Å². The van der Waals surface area contributed by atoms with Gasteiger partial charge in [-0.25, -0.2) is 4.39 Å². The summed E-state index contributed by atoms with van der Waals surface area (Å²) < 4.78 is 16.9. The minimum Gasteiger partial charge on any atom is -0.508 e. The summed E-state index contributed by atoms with van der Waals surface area (Å²) in [5.74, 6) is -1.53. The lowest BCUT2D eigenvalue weighted by molar-refractivity contribution is -0.219. The van der Waals surface area contributed by atoms with Crippen molar-refractivity contribution in [1.29, 1.82) is 0 Å². The highest BCUT2D eigenvalue weighted by molar-refractivity contribution is 6.01. The van der Waals surface area contributed by atoms with Crippen molar-refractivity contribution in [3.63, 3.8) is 0 Å². The predicted molar refractivity (Wildman–Crippen MR) is 195 cm³/mol. The van der Waals surface area contributed by atoms with Crippen LogP contribution in [0.1, 0.15) is 57.6 Å². The lowest BCUT2D eigenvalue weighted by atomic mass is 9.44. The Hall–Kier alpha value is -4.77. The highest BCUT2D eigenvalue weighted by atomic mass is 19.1. The summed E-state index contributed by atoms with van der Waals surface area (Å²) in [7, 11) is 0. The van der Waals surface area contributed by atoms with E-state index >= 15 is 4.39 Å². The van der Waals surface area contributed by atoms with E-state index in [1.165, 1.54) is 18.2 Å². The van der Waals surface area contributed by atoms with Gasteiger partial charge in [-0.05, 0) is 104 Å². The molecule has 3 aromatic carbocycles. The van der Waals surface area contributed by atoms with E-state index in [1.807, 2.05) is 12.1 Å². The Morgan fingerprint density at radius 2 is 1.46 bits per heavy atom. The van der Waals surface area contributed by atoms with Crippen molar-refractivity contribution in [2.24, 2.45) is 28.6 Å². The number of Topliss-reactive ketones (excluding diaryl/α,β-unsaturated/α-hetero) is 1. The quantitative estimate of drug-likeness (QED) is 0.154. The molecule has 4 aliphatic carbocycles. The number of aliphatic hydroxyl groups excluding tert-OH is 2. The topological polar surface area (TPSA) is 176 Å². The number of alkyl halides is 1. The minimum atomic E-state index is -1.98. The first kappa shape index (κ1) is 38.5. The number of benzene rings is 3. The van der Waals surface area contributed by atoms with Gasteiger partial charge in [0.2, 0.25) is 0 Å². The molecule has 9 nitrogen and oxygen atoms in total. The number of hydrogen-bond acceptors (Lipinski definition) is 9. The van der Waals surface area contributed by atoms with Crippen LogP contribution in [0.4, 0.5) is 4.39 Å². The van der Waals surface area contributed by atoms with Crippen molar-refractivity contribution in [2.45, 2.75) is 63.8 Å². The van der Waals surface area contributed by atoms with Crippen LogP contribution in [0, 0.1) is 28.6 Å². The van der Waals surface area contributed by atoms with Gasteiger partial charge >= 0.3 is 0 Å². The third-order valence-electron chi connectivity index (χ3n) is 11.8. The van der Waals surface area contributed by atoms with Crippen molar-refractivity contribution in [3.8, 4) is 23.0 Å². The highest BCUT2D eigenvalue weighted by Crippen LogP contribution is 2.70. The molecule has 52 heavy (non-hydrogen) atoms. The summed E-state index contributed by atoms with van der Waals surface area (Å²) in [5, 5.41) is 68.3. The number of aromatic hydroxyl groups is 4. The van der Waals surface area contributed by atoms with Crippen molar-refractivity contribution < 1.29 is 49.7 Å². The Morgan fingerprint density at radius 1 is 0.865 bits per heavy atom. The lowest BCUT2D eigenvalue weighted by Crippen LogP contribution is -2.69. The van der Waals surface area contributed by atoms with E-state index in [4.69, 9.17) is 10.2 Å². The van der Waals surface area contributed by atoms with E-state index in [2.05, 4.69) is 0 Å². The number of para-hydroxylation sites is 1. The normalized spacial score (nSPS) is 33.0. The molecule has 0 saturated heterocycles. The zero-order valence-electron chi connectivity index (χ0n) is 29.5. The smallest absolute Gasteiger partial charge is 0.190 e. The Balaban J connectivity index is 0.000000183. The maximum Gasteiger partial charge on any atom is 0.190 e. The average molecular weight is 715 g/mol. The molecule has 10 heteroatoms. The molecule has 0 aromatic heterocycles. The second kappa shape index (κ2) is 14.7. The molecule has 0 radical (unpaired) electrons. The first-order valence-electron chi connectivity index (χ1n) is 17.4. The maximum absolute atomic E-state index is 16.9. The van der Waals surface area contributed by atoms with E-state index in [-0.39, 0.29) is 35.4 Å². The van der Waals surface area contributed by atoms with Crippen LogP contribution in [-0.4, -0.2) is 71.3 Å². The van der Waals surface area contributed by atoms with Gasteiger partial charge < -0.3 is 35.7 Å². The minimum absolute atomic E-state index is 0.0235. The van der Waals surface area contributed by atoms with Gasteiger partial charge in [-0.1, -0.05) is 68.0 Å². The van der Waals surface area contributed by atoms with E-state index in [0.717, 1.165) is 5.56 Å². The molecule has 0 bridgehead atoms. The van der Waals surface area contributed by atoms with Gasteiger partial charge in [-0.15, -0.1) is 0 Å². The Morgan fingerprint density at radius 3 is 2.04 bits per heavy atom. The first-order valence-corrected chi connectivity index (χ1v) is 17.4. The fourth-order valence-corrected chi connectivity index (χ4v) is 9.18. The van der Waals surface area contributed by atoms with Gasteiger partial charge in [0, 0.05) is 22.8 Å². The van der Waals surface area contributed by atoms with E-state index in [1.54, 1.807) is 93.6 Å². The average Bonchev–Trinajstić information content (AvgIpc) is 3.30. The predicted octanol–water partition coefficient (Wildman–Crippen LogP) is 6.26. The van der Waals surface area contributed by atoms with Crippen molar-refractivity contribution in [3.05, 3.63) is 108 Å². The van der Waals surface area contributed by atoms with E-state index in [0.29, 0.717) is 36.1 Å². The fraction of sp³-hybridized carbons (Fsp3) is 0.381. The largest absolute Gasteiger partial charge is 0.508 e. The van der Waals surface area contributed by atoms with Crippen LogP contribution in [0.3, 0.4) is 0 Å². The van der Waals surface area contributed by atoms with Crippen LogP contribution < -0.4 is 0 Å². The number of carbonyl (C=O) groups excluding carboxylic acids is 2. The Labute approximate surface area is 302 Å². The molecule has 8 atom stereocenters. The summed E-state index contributed by atoms with van der Waals surface area (Å²) in [6.45, 7) is 4.48. The lowest BCUT2D eigenvalue weighted by Gasteiger charge is -2.62. The molecule has 3 aromatic rings. The molecule has 7 rings (SSSR count). The zero-order valence-corrected chi connectivity index (χ0v) is 29.5. The zero-order chi connectivity index (χ0) is 38.1. The number of hydrogen-bond donors (Lipinski definition) is 7. The fourth-order valence-electron chi connectivity index (χ4n) is 9.18. The van der Waals surface area contributed by atoms with Crippen LogP contribution in [-0.2, 0) is 9.59 Å². The van der Waals surface area contributed by atoms with Crippen LogP contribution in [0.5, 0.6) is 23.0 Å². The number of allylic oxidation sites excluding steroid dienone is 4. The second-order valence-electron chi connectivity index (χ2n) is 14.8. The molecule has 0 spiro atoms. The van der Waals surface area contributed by atoms with Crippen molar-refractivity contribution in [1.82, 2.24) is 0 Å². The number of phenols is 4. The number of fused-ring (bicyclic) bond motifs is 5. The van der Waals surface area contributed by atoms with Crippen LogP contribution in [0.2, 0.25) is 0 Å². The van der Waals surface area contributed by atoms with E-state index in [9.17, 15) is 35.1 Å². The molecule has 276 valence electrons. The number of rotatable bonds is 4. The van der Waals surface area contributed by atoms with Gasteiger partial charge in [0.25, 0.3) is 0 Å². The van der Waals surface area contributed by atoms with Crippen molar-refractivity contribution in [2.75, 3.05) is 6.61 Å². The highest BCUT2D eigenvalue weighted by Gasteiger charge is 2.75. The molecular formula is C42H47FO9. The van der Waals surface area contributed by atoms with E-state index < -0.39 is 52.4 Å². The molecule has 0 unspecified atom stereocenters. The van der Waals surface area contributed by atoms with Crippen LogP contribution >= 0.6 is 0 Å². The van der Waals surface area contributed by atoms with Gasteiger partial charge in [0.15, 0.2) is 17.2 Å². The number of ketones is 2. The summed E-state index contributed by atoms with van der Waals surface area (Å²) >= 11 is 0. The Kier molecular flexibility index (Phi) is 10.9.